The summed E-state index contributed by atoms with van der Waals surface area (Å²) < 4.78 is 10.3. The van der Waals surface area contributed by atoms with Gasteiger partial charge in [-0.1, -0.05) is 12.1 Å². The van der Waals surface area contributed by atoms with E-state index in [1.165, 1.54) is 18.1 Å². The highest BCUT2D eigenvalue weighted by molar-refractivity contribution is 7.09. The molecule has 1 unspecified atom stereocenters. The molecule has 1 saturated heterocycles. The second-order valence-electron chi connectivity index (χ2n) is 6.67. The number of aryl methyl sites for hydroxylation is 1. The van der Waals surface area contributed by atoms with Crippen LogP contribution in [0.25, 0.3) is 6.08 Å². The van der Waals surface area contributed by atoms with Crippen LogP contribution in [-0.4, -0.2) is 53.9 Å². The van der Waals surface area contributed by atoms with Gasteiger partial charge in [-0.05, 0) is 30.7 Å². The Morgan fingerprint density at radius 1 is 1.33 bits per heavy atom. The Morgan fingerprint density at radius 2 is 2.10 bits per heavy atom. The Hall–Kier alpha value is -3.20. The van der Waals surface area contributed by atoms with Crippen LogP contribution in [0.3, 0.4) is 0 Å². The first-order valence-electron chi connectivity index (χ1n) is 9.43. The number of thiazole rings is 1. The van der Waals surface area contributed by atoms with Gasteiger partial charge < -0.3 is 19.7 Å². The summed E-state index contributed by atoms with van der Waals surface area (Å²) in [6, 6.07) is 6.43. The maximum Gasteiger partial charge on any atom is 0.308 e. The van der Waals surface area contributed by atoms with Gasteiger partial charge in [0.2, 0.25) is 11.8 Å². The quantitative estimate of drug-likeness (QED) is 0.534. The zero-order valence-corrected chi connectivity index (χ0v) is 17.6. The maximum atomic E-state index is 12.6. The smallest absolute Gasteiger partial charge is 0.308 e. The van der Waals surface area contributed by atoms with Crippen molar-refractivity contribution in [2.75, 3.05) is 20.2 Å². The average Bonchev–Trinajstić information content (AvgIpc) is 3.17. The van der Waals surface area contributed by atoms with Gasteiger partial charge in [-0.15, -0.1) is 11.3 Å². The standard InChI is InChI=1S/C21H23N3O5S/c1-14-23-16(13-30-14)12-29-17-6-3-15(4-7-17)5-8-19(25)24-10-9-22-21(27)18(24)11-20(26)28-2/h3-8,13,18H,9-12H2,1-2H3,(H,22,27)/b8-5+. The van der Waals surface area contributed by atoms with E-state index in [2.05, 4.69) is 15.0 Å². The van der Waals surface area contributed by atoms with E-state index in [-0.39, 0.29) is 18.2 Å². The number of esters is 1. The van der Waals surface area contributed by atoms with E-state index in [1.54, 1.807) is 17.4 Å². The van der Waals surface area contributed by atoms with Gasteiger partial charge in [-0.25, -0.2) is 4.98 Å². The van der Waals surface area contributed by atoms with Gasteiger partial charge >= 0.3 is 5.97 Å². The van der Waals surface area contributed by atoms with Crippen LogP contribution >= 0.6 is 11.3 Å². The molecule has 158 valence electrons. The number of aromatic nitrogens is 1. The zero-order chi connectivity index (χ0) is 21.5. The number of methoxy groups -OCH3 is 1. The van der Waals surface area contributed by atoms with Crippen molar-refractivity contribution in [1.82, 2.24) is 15.2 Å². The van der Waals surface area contributed by atoms with Crippen LogP contribution in [0.1, 0.15) is 22.7 Å². The molecule has 0 radical (unpaired) electrons. The summed E-state index contributed by atoms with van der Waals surface area (Å²) in [5.41, 5.74) is 1.70. The molecular weight excluding hydrogens is 406 g/mol. The average molecular weight is 429 g/mol. The van der Waals surface area contributed by atoms with Gasteiger partial charge in [-0.3, -0.25) is 14.4 Å². The number of carbonyl (C=O) groups excluding carboxylic acids is 3. The molecule has 1 aromatic carbocycles. The third-order valence-electron chi connectivity index (χ3n) is 4.55. The number of piperazine rings is 1. The second kappa shape index (κ2) is 10.0. The maximum absolute atomic E-state index is 12.6. The van der Waals surface area contributed by atoms with Crippen LogP contribution in [0.4, 0.5) is 0 Å². The number of nitrogens with one attached hydrogen (secondary N) is 1. The van der Waals surface area contributed by atoms with E-state index in [9.17, 15) is 14.4 Å². The molecule has 3 rings (SSSR count). The lowest BCUT2D eigenvalue weighted by Gasteiger charge is -2.33. The largest absolute Gasteiger partial charge is 0.487 e. The molecule has 8 nitrogen and oxygen atoms in total. The summed E-state index contributed by atoms with van der Waals surface area (Å²) in [5, 5.41) is 5.63. The zero-order valence-electron chi connectivity index (χ0n) is 16.8. The predicted octanol–water partition coefficient (Wildman–Crippen LogP) is 1.93. The first kappa shape index (κ1) is 21.5. The fraction of sp³-hybridized carbons (Fsp3) is 0.333. The van der Waals surface area contributed by atoms with Crippen LogP contribution < -0.4 is 10.1 Å². The number of amides is 2. The number of hydrogen-bond acceptors (Lipinski definition) is 7. The molecule has 2 aromatic rings. The molecule has 0 saturated carbocycles. The SMILES string of the molecule is COC(=O)CC1C(=O)NCCN1C(=O)/C=C/c1ccc(OCc2csc(C)n2)cc1. The summed E-state index contributed by atoms with van der Waals surface area (Å²) in [6.07, 6.45) is 2.89. The Labute approximate surface area is 178 Å². The molecule has 1 aliphatic rings. The summed E-state index contributed by atoms with van der Waals surface area (Å²) in [4.78, 5) is 42.0. The molecule has 30 heavy (non-hydrogen) atoms. The fourth-order valence-electron chi connectivity index (χ4n) is 2.99. The Balaban J connectivity index is 1.59. The Bertz CT molecular complexity index is 938. The molecule has 1 fully saturated rings. The van der Waals surface area contributed by atoms with E-state index in [1.807, 2.05) is 36.6 Å². The Morgan fingerprint density at radius 3 is 2.77 bits per heavy atom. The van der Waals surface area contributed by atoms with Gasteiger partial charge in [0.05, 0.1) is 24.2 Å². The number of nitrogens with zero attached hydrogens (tertiary/aromatic N) is 2. The van der Waals surface area contributed by atoms with E-state index in [0.29, 0.717) is 25.4 Å². The minimum Gasteiger partial charge on any atom is -0.487 e. The van der Waals surface area contributed by atoms with Crippen molar-refractivity contribution in [3.63, 3.8) is 0 Å². The van der Waals surface area contributed by atoms with E-state index < -0.39 is 12.0 Å². The summed E-state index contributed by atoms with van der Waals surface area (Å²) in [7, 11) is 1.25. The summed E-state index contributed by atoms with van der Waals surface area (Å²) >= 11 is 1.58. The highest BCUT2D eigenvalue weighted by Gasteiger charge is 2.34. The van der Waals surface area contributed by atoms with Crippen molar-refractivity contribution >= 4 is 35.2 Å². The molecule has 0 aliphatic carbocycles. The van der Waals surface area contributed by atoms with Crippen molar-refractivity contribution in [2.45, 2.75) is 26.0 Å². The normalized spacial score (nSPS) is 16.4. The monoisotopic (exact) mass is 429 g/mol. The fourth-order valence-corrected chi connectivity index (χ4v) is 3.59. The summed E-state index contributed by atoms with van der Waals surface area (Å²) in [5.74, 6) is -0.527. The first-order chi connectivity index (χ1) is 14.5. The molecular formula is C21H23N3O5S. The van der Waals surface area contributed by atoms with Gasteiger partial charge in [-0.2, -0.15) is 0 Å². The third kappa shape index (κ3) is 5.66. The van der Waals surface area contributed by atoms with Crippen LogP contribution in [0.5, 0.6) is 5.75 Å². The first-order valence-corrected chi connectivity index (χ1v) is 10.3. The van der Waals surface area contributed by atoms with Crippen molar-refractivity contribution in [3.8, 4) is 5.75 Å². The minimum atomic E-state index is -0.867. The van der Waals surface area contributed by atoms with Crippen molar-refractivity contribution in [1.29, 1.82) is 0 Å². The van der Waals surface area contributed by atoms with Crippen LogP contribution in [0, 0.1) is 6.92 Å². The van der Waals surface area contributed by atoms with E-state index in [0.717, 1.165) is 16.3 Å². The number of rotatable bonds is 7. The van der Waals surface area contributed by atoms with Gasteiger partial charge in [0.15, 0.2) is 0 Å². The third-order valence-corrected chi connectivity index (χ3v) is 5.38. The van der Waals surface area contributed by atoms with Crippen molar-refractivity contribution in [2.24, 2.45) is 0 Å². The molecule has 1 N–H and O–H groups in total. The van der Waals surface area contributed by atoms with Gasteiger partial charge in [0.1, 0.15) is 18.4 Å². The highest BCUT2D eigenvalue weighted by Crippen LogP contribution is 2.17. The predicted molar refractivity (Wildman–Crippen MR) is 112 cm³/mol. The van der Waals surface area contributed by atoms with Crippen molar-refractivity contribution in [3.05, 3.63) is 52.0 Å². The molecule has 0 bridgehead atoms. The number of carbonyl (C=O) groups is 3. The van der Waals surface area contributed by atoms with Gasteiger partial charge in [0.25, 0.3) is 0 Å². The topological polar surface area (TPSA) is 97.8 Å². The molecule has 2 heterocycles. The number of hydrogen-bond donors (Lipinski definition) is 1. The molecule has 2 amide bonds. The highest BCUT2D eigenvalue weighted by atomic mass is 32.1. The lowest BCUT2D eigenvalue weighted by Crippen LogP contribution is -2.57. The van der Waals surface area contributed by atoms with E-state index in [4.69, 9.17) is 4.74 Å². The van der Waals surface area contributed by atoms with E-state index >= 15 is 0 Å². The second-order valence-corrected chi connectivity index (χ2v) is 7.73. The van der Waals surface area contributed by atoms with Gasteiger partial charge in [0, 0.05) is 24.5 Å². The molecule has 1 atom stereocenters. The summed E-state index contributed by atoms with van der Waals surface area (Å²) in [6.45, 7) is 3.03. The lowest BCUT2D eigenvalue weighted by atomic mass is 10.1. The van der Waals surface area contributed by atoms with Crippen molar-refractivity contribution < 1.29 is 23.9 Å². The molecule has 1 aromatic heterocycles. The Kier molecular flexibility index (Phi) is 7.18. The van der Waals surface area contributed by atoms with Crippen LogP contribution in [-0.2, 0) is 25.7 Å². The molecule has 1 aliphatic heterocycles. The number of ether oxygens (including phenoxy) is 2. The minimum absolute atomic E-state index is 0.174. The molecule has 9 heteroatoms. The number of benzene rings is 1. The molecule has 0 spiro atoms. The lowest BCUT2D eigenvalue weighted by molar-refractivity contribution is -0.148. The van der Waals surface area contributed by atoms with Crippen LogP contribution in [0.15, 0.2) is 35.7 Å². The van der Waals surface area contributed by atoms with Crippen LogP contribution in [0.2, 0.25) is 0 Å².